The normalized spacial score (nSPS) is 22.2. The maximum absolute atomic E-state index is 3.56. The van der Waals surface area contributed by atoms with E-state index in [4.69, 9.17) is 0 Å². The van der Waals surface area contributed by atoms with Crippen molar-refractivity contribution < 1.29 is 0 Å². The third-order valence-corrected chi connectivity index (χ3v) is 0.402. The topological polar surface area (TPSA) is 0 Å². The van der Waals surface area contributed by atoms with Crippen molar-refractivity contribution >= 4 is 0 Å². The Balaban J connectivity index is 2.32. The molecule has 0 aromatic carbocycles. The Morgan fingerprint density at radius 2 is 1.75 bits per heavy atom. The number of rotatable bonds is 0. The summed E-state index contributed by atoms with van der Waals surface area (Å²) in [5.41, 5.74) is 0. The third kappa shape index (κ3) is 0.127. The van der Waals surface area contributed by atoms with Crippen LogP contribution in [0.4, 0.5) is 0 Å². The van der Waals surface area contributed by atoms with Crippen molar-refractivity contribution in [3.63, 3.8) is 0 Å². The Kier molecular flexibility index (Phi) is 0.185. The van der Waals surface area contributed by atoms with E-state index in [1.807, 2.05) is 12.2 Å². The van der Waals surface area contributed by atoms with Gasteiger partial charge < -0.3 is 6.92 Å². The van der Waals surface area contributed by atoms with Crippen LogP contribution in [0.3, 0.4) is 0 Å². The van der Waals surface area contributed by atoms with E-state index in [0.29, 0.717) is 0 Å². The average Bonchev–Trinajstić information content (AvgIpc) is 1.75. The van der Waals surface area contributed by atoms with Gasteiger partial charge in [-0.05, 0) is 0 Å². The molecule has 0 saturated carbocycles. The van der Waals surface area contributed by atoms with Crippen molar-refractivity contribution in [2.45, 2.75) is 0 Å². The van der Waals surface area contributed by atoms with Crippen LogP contribution in [0.2, 0.25) is 0 Å². The van der Waals surface area contributed by atoms with E-state index in [-0.39, 0.29) is 0 Å². The maximum Gasteiger partial charge on any atom is -0.112 e. The van der Waals surface area contributed by atoms with Crippen LogP contribution in [-0.4, -0.2) is 0 Å². The number of hydrogen-bond acceptors (Lipinski definition) is 0. The summed E-state index contributed by atoms with van der Waals surface area (Å²) in [5.74, 6) is 1.17. The second-order valence-electron chi connectivity index (χ2n) is 0.908. The van der Waals surface area contributed by atoms with Gasteiger partial charge in [0.05, 0.1) is 0 Å². The molecule has 0 aromatic heterocycles. The molecule has 1 aliphatic carbocycles. The summed E-state index contributed by atoms with van der Waals surface area (Å²) in [6.07, 6.45) is 3.94. The Bertz CT molecular complexity index is 38.0. The van der Waals surface area contributed by atoms with Crippen LogP contribution in [0.15, 0.2) is 12.2 Å². The first kappa shape index (κ1) is 2.01. The van der Waals surface area contributed by atoms with Gasteiger partial charge in [0.15, 0.2) is 0 Å². The van der Waals surface area contributed by atoms with E-state index in [1.54, 1.807) is 0 Å². The number of hydrogen-bond donors (Lipinski definition) is 0. The van der Waals surface area contributed by atoms with Gasteiger partial charge in [0.2, 0.25) is 0 Å². The highest BCUT2D eigenvalue weighted by Gasteiger charge is 1.88. The lowest BCUT2D eigenvalue weighted by atomic mass is 10.5. The molecule has 4 heavy (non-hydrogen) atoms. The molecule has 0 saturated heterocycles. The van der Waals surface area contributed by atoms with E-state index >= 15 is 0 Å². The van der Waals surface area contributed by atoms with E-state index < -0.39 is 0 Å². The zero-order valence-corrected chi connectivity index (χ0v) is 2.36. The quantitative estimate of drug-likeness (QED) is 0.360. The Morgan fingerprint density at radius 3 is 1.75 bits per heavy atom. The van der Waals surface area contributed by atoms with Crippen LogP contribution in [0, 0.1) is 12.8 Å². The highest BCUT2D eigenvalue weighted by atomic mass is 14.0. The van der Waals surface area contributed by atoms with Crippen LogP contribution in [0.5, 0.6) is 0 Å². The number of allylic oxidation sites excluding steroid dienone is 2. The van der Waals surface area contributed by atoms with E-state index in [2.05, 4.69) is 6.92 Å². The molecule has 0 bridgehead atoms. The minimum absolute atomic E-state index is 1.17. The maximum atomic E-state index is 3.56. The molecule has 0 aliphatic heterocycles. The molecule has 0 N–H and O–H groups in total. The minimum atomic E-state index is 1.17. The van der Waals surface area contributed by atoms with Gasteiger partial charge in [-0.25, -0.2) is 0 Å². The van der Waals surface area contributed by atoms with Crippen LogP contribution < -0.4 is 0 Å². The molecule has 1 aliphatic rings. The molecule has 0 aromatic rings. The second-order valence-corrected chi connectivity index (χ2v) is 0.908. The summed E-state index contributed by atoms with van der Waals surface area (Å²) < 4.78 is 0. The Labute approximate surface area is 26.1 Å². The predicted molar refractivity (Wildman–Crippen MR) is 17.7 cm³/mol. The zero-order chi connectivity index (χ0) is 2.99. The average molecular weight is 52.1 g/mol. The molecule has 21 valence electrons. The predicted octanol–water partition coefficient (Wildman–Crippen LogP) is 0.965. The monoisotopic (exact) mass is 52.0 g/mol. The largest absolute Gasteiger partial charge is 0.331 e. The van der Waals surface area contributed by atoms with Crippen molar-refractivity contribution in [2.24, 2.45) is 0 Å². The van der Waals surface area contributed by atoms with Gasteiger partial charge in [0.25, 0.3) is 0 Å². The van der Waals surface area contributed by atoms with Crippen molar-refractivity contribution in [3.05, 3.63) is 25.0 Å². The van der Waals surface area contributed by atoms with Gasteiger partial charge in [0.1, 0.15) is 0 Å². The first-order chi connectivity index (χ1) is 1.89. The summed E-state index contributed by atoms with van der Waals surface area (Å²) in [5, 5.41) is 0. The summed E-state index contributed by atoms with van der Waals surface area (Å²) in [4.78, 5) is 0. The van der Waals surface area contributed by atoms with E-state index in [9.17, 15) is 0 Å². The molecule has 0 nitrogen and oxygen atoms in total. The lowest BCUT2D eigenvalue weighted by Gasteiger charge is -1.72. The van der Waals surface area contributed by atoms with Crippen LogP contribution in [-0.2, 0) is 0 Å². The summed E-state index contributed by atoms with van der Waals surface area (Å²) >= 11 is 0. The second kappa shape index (κ2) is 0.369. The Morgan fingerprint density at radius 1 is 1.50 bits per heavy atom. The molecule has 0 atom stereocenters. The summed E-state index contributed by atoms with van der Waals surface area (Å²) in [7, 11) is 0. The molecule has 1 rings (SSSR count). The van der Waals surface area contributed by atoms with Crippen LogP contribution in [0.1, 0.15) is 0 Å². The molecule has 0 amide bonds. The van der Waals surface area contributed by atoms with Crippen molar-refractivity contribution in [3.8, 4) is 0 Å². The lowest BCUT2D eigenvalue weighted by molar-refractivity contribution is 1.76. The van der Waals surface area contributed by atoms with E-state index in [1.165, 1.54) is 5.92 Å². The van der Waals surface area contributed by atoms with Gasteiger partial charge in [-0.1, -0.05) is 0 Å². The third-order valence-electron chi connectivity index (χ3n) is 0.402. The smallest absolute Gasteiger partial charge is 0.112 e. The first-order valence-electron chi connectivity index (χ1n) is 1.26. The molecule has 0 heterocycles. The van der Waals surface area contributed by atoms with Crippen LogP contribution >= 0.6 is 0 Å². The van der Waals surface area contributed by atoms with Gasteiger partial charge in [-0.15, -0.1) is 18.1 Å². The van der Waals surface area contributed by atoms with Crippen LogP contribution in [0.25, 0.3) is 0 Å². The summed E-state index contributed by atoms with van der Waals surface area (Å²) in [6, 6.07) is 0. The highest BCUT2D eigenvalue weighted by Crippen LogP contribution is 2.14. The highest BCUT2D eigenvalue weighted by molar-refractivity contribution is 5.40. The molecule has 0 unspecified atom stereocenters. The lowest BCUT2D eigenvalue weighted by Crippen LogP contribution is -1.44. The molecular formula is C4H4-. The first-order valence-corrected chi connectivity index (χ1v) is 1.26. The SMILES string of the molecule is [CH2-][C]1C=C1. The standard InChI is InChI=1S/C4H4/c1-4-2-3-4/h2-3H,1H2/q-1. The van der Waals surface area contributed by atoms with Crippen molar-refractivity contribution in [1.29, 1.82) is 0 Å². The molecule has 0 fully saturated rings. The van der Waals surface area contributed by atoms with Gasteiger partial charge in [-0.3, -0.25) is 0 Å². The minimum Gasteiger partial charge on any atom is -0.331 e. The van der Waals surface area contributed by atoms with Gasteiger partial charge in [0, 0.05) is 0 Å². The molecule has 1 radical (unpaired) electrons. The van der Waals surface area contributed by atoms with E-state index in [0.717, 1.165) is 0 Å². The fraction of sp³-hybridized carbons (Fsp3) is 0. The van der Waals surface area contributed by atoms with Crippen molar-refractivity contribution in [2.75, 3.05) is 0 Å². The Hall–Kier alpha value is -0.260. The molecule has 0 spiro atoms. The van der Waals surface area contributed by atoms with Gasteiger partial charge >= 0.3 is 0 Å². The molecular weight excluding hydrogens is 48.0 g/mol. The fourth-order valence-corrected chi connectivity index (χ4v) is 0.0589. The summed E-state index contributed by atoms with van der Waals surface area (Å²) in [6.45, 7) is 3.56. The van der Waals surface area contributed by atoms with Gasteiger partial charge in [-0.2, -0.15) is 0 Å². The molecule has 0 heteroatoms. The zero-order valence-electron chi connectivity index (χ0n) is 2.36. The fourth-order valence-electron chi connectivity index (χ4n) is 0.0589. The van der Waals surface area contributed by atoms with Crippen molar-refractivity contribution in [1.82, 2.24) is 0 Å².